The standard InChI is InChI=1S/C33H31NO5/c35-32(28-9-2-1-3-10-28)38-20-6-7-24-12-16-27(17-13-24)30-18-19-34(33(36)37)22-31(30)39-23-25-14-15-26-8-4-5-11-29(26)21-25/h1-17,21,30-31H,18-20,22-23H2,(H,36,37)/b7-6-. The maximum Gasteiger partial charge on any atom is 0.407 e. The highest BCUT2D eigenvalue weighted by Gasteiger charge is 2.33. The van der Waals surface area contributed by atoms with Crippen LogP contribution in [0.1, 0.15) is 39.4 Å². The number of hydrogen-bond donors (Lipinski definition) is 1. The summed E-state index contributed by atoms with van der Waals surface area (Å²) in [6.45, 7) is 1.42. The Labute approximate surface area is 228 Å². The molecule has 0 radical (unpaired) electrons. The minimum absolute atomic E-state index is 0.0888. The Bertz CT molecular complexity index is 1450. The molecule has 6 nitrogen and oxygen atoms in total. The second-order valence-corrected chi connectivity index (χ2v) is 9.69. The fourth-order valence-corrected chi connectivity index (χ4v) is 4.99. The lowest BCUT2D eigenvalue weighted by Gasteiger charge is -2.37. The van der Waals surface area contributed by atoms with E-state index in [-0.39, 0.29) is 24.6 Å². The van der Waals surface area contributed by atoms with Gasteiger partial charge in [-0.3, -0.25) is 0 Å². The Kier molecular flexibility index (Phi) is 8.34. The molecule has 4 aromatic carbocycles. The lowest BCUT2D eigenvalue weighted by Crippen LogP contribution is -2.46. The molecule has 0 aromatic heterocycles. The number of piperidine rings is 1. The zero-order valence-electron chi connectivity index (χ0n) is 21.6. The molecular formula is C33H31NO5. The number of ether oxygens (including phenoxy) is 2. The van der Waals surface area contributed by atoms with Gasteiger partial charge in [-0.25, -0.2) is 9.59 Å². The lowest BCUT2D eigenvalue weighted by atomic mass is 9.86. The van der Waals surface area contributed by atoms with Crippen LogP contribution in [0, 0.1) is 0 Å². The summed E-state index contributed by atoms with van der Waals surface area (Å²) in [5.74, 6) is -0.260. The Balaban J connectivity index is 1.22. The van der Waals surface area contributed by atoms with Crippen molar-refractivity contribution >= 4 is 28.9 Å². The van der Waals surface area contributed by atoms with Gasteiger partial charge in [0.2, 0.25) is 0 Å². The molecule has 1 amide bonds. The molecule has 1 N–H and O–H groups in total. The third kappa shape index (κ3) is 6.72. The number of fused-ring (bicyclic) bond motifs is 1. The smallest absolute Gasteiger partial charge is 0.407 e. The Morgan fingerprint density at radius 3 is 2.41 bits per heavy atom. The van der Waals surface area contributed by atoms with E-state index < -0.39 is 6.09 Å². The summed E-state index contributed by atoms with van der Waals surface area (Å²) >= 11 is 0. The van der Waals surface area contributed by atoms with Crippen molar-refractivity contribution in [2.24, 2.45) is 0 Å². The summed E-state index contributed by atoms with van der Waals surface area (Å²) in [6, 6.07) is 31.6. The predicted octanol–water partition coefficient (Wildman–Crippen LogP) is 6.76. The van der Waals surface area contributed by atoms with Crippen molar-refractivity contribution in [1.82, 2.24) is 4.90 Å². The molecule has 0 aliphatic carbocycles. The molecule has 1 aliphatic heterocycles. The van der Waals surface area contributed by atoms with Crippen LogP contribution < -0.4 is 0 Å². The Morgan fingerprint density at radius 1 is 0.897 bits per heavy atom. The fourth-order valence-electron chi connectivity index (χ4n) is 4.99. The van der Waals surface area contributed by atoms with Crippen molar-refractivity contribution in [3.8, 4) is 0 Å². The first-order chi connectivity index (χ1) is 19.1. The van der Waals surface area contributed by atoms with Crippen LogP contribution in [0.3, 0.4) is 0 Å². The number of nitrogens with zero attached hydrogens (tertiary/aromatic N) is 1. The molecule has 0 bridgehead atoms. The molecule has 1 saturated heterocycles. The number of carboxylic acid groups (broad SMARTS) is 1. The van der Waals surface area contributed by atoms with E-state index in [0.29, 0.717) is 31.7 Å². The molecule has 1 aliphatic rings. The molecule has 1 heterocycles. The monoisotopic (exact) mass is 521 g/mol. The van der Waals surface area contributed by atoms with Crippen LogP contribution >= 0.6 is 0 Å². The number of amides is 1. The summed E-state index contributed by atoms with van der Waals surface area (Å²) in [7, 11) is 0. The fraction of sp³-hybridized carbons (Fsp3) is 0.212. The van der Waals surface area contributed by atoms with Crippen LogP contribution in [0.15, 0.2) is 103 Å². The highest BCUT2D eigenvalue weighted by Crippen LogP contribution is 2.32. The number of benzene rings is 4. The number of likely N-dealkylation sites (tertiary alicyclic amines) is 1. The van der Waals surface area contributed by atoms with Crippen LogP contribution in [0.4, 0.5) is 4.79 Å². The van der Waals surface area contributed by atoms with Crippen molar-refractivity contribution in [1.29, 1.82) is 0 Å². The summed E-state index contributed by atoms with van der Waals surface area (Å²) < 4.78 is 11.7. The van der Waals surface area contributed by atoms with Gasteiger partial charge >= 0.3 is 12.1 Å². The first kappa shape index (κ1) is 26.2. The average Bonchev–Trinajstić information content (AvgIpc) is 2.98. The quantitative estimate of drug-likeness (QED) is 0.259. The molecule has 5 rings (SSSR count). The highest BCUT2D eigenvalue weighted by atomic mass is 16.5. The van der Waals surface area contributed by atoms with E-state index in [4.69, 9.17) is 9.47 Å². The first-order valence-corrected chi connectivity index (χ1v) is 13.1. The molecular weight excluding hydrogens is 490 g/mol. The Morgan fingerprint density at radius 2 is 1.64 bits per heavy atom. The van der Waals surface area contributed by atoms with E-state index in [0.717, 1.165) is 22.1 Å². The third-order valence-corrected chi connectivity index (χ3v) is 7.10. The highest BCUT2D eigenvalue weighted by molar-refractivity contribution is 5.89. The minimum atomic E-state index is -0.916. The van der Waals surface area contributed by atoms with E-state index in [9.17, 15) is 14.7 Å². The van der Waals surface area contributed by atoms with E-state index >= 15 is 0 Å². The van der Waals surface area contributed by atoms with Crippen molar-refractivity contribution in [2.45, 2.75) is 25.0 Å². The molecule has 39 heavy (non-hydrogen) atoms. The predicted molar refractivity (Wildman–Crippen MR) is 152 cm³/mol. The van der Waals surface area contributed by atoms with Gasteiger partial charge in [-0.05, 0) is 58.2 Å². The van der Waals surface area contributed by atoms with Crippen LogP contribution in [0.2, 0.25) is 0 Å². The SMILES string of the molecule is O=C(OC/C=C\c1ccc(C2CCN(C(=O)O)CC2OCc2ccc3ccccc3c2)cc1)c1ccccc1. The lowest BCUT2D eigenvalue weighted by molar-refractivity contribution is -0.0199. The number of rotatable bonds is 8. The van der Waals surface area contributed by atoms with Gasteiger partial charge in [-0.2, -0.15) is 0 Å². The third-order valence-electron chi connectivity index (χ3n) is 7.10. The second kappa shape index (κ2) is 12.4. The van der Waals surface area contributed by atoms with Crippen LogP contribution in [0.5, 0.6) is 0 Å². The summed E-state index contributed by atoms with van der Waals surface area (Å²) in [6.07, 6.45) is 3.26. The van der Waals surface area contributed by atoms with Crippen molar-refractivity contribution in [3.05, 3.63) is 125 Å². The molecule has 6 heteroatoms. The van der Waals surface area contributed by atoms with Crippen LogP contribution in [0.25, 0.3) is 16.8 Å². The van der Waals surface area contributed by atoms with Crippen LogP contribution in [-0.4, -0.2) is 47.9 Å². The molecule has 0 spiro atoms. The largest absolute Gasteiger partial charge is 0.465 e. The van der Waals surface area contributed by atoms with E-state index in [2.05, 4.69) is 42.5 Å². The average molecular weight is 522 g/mol. The van der Waals surface area contributed by atoms with Gasteiger partial charge in [0.1, 0.15) is 6.61 Å². The molecule has 0 saturated carbocycles. The van der Waals surface area contributed by atoms with Gasteiger partial charge in [0.05, 0.1) is 24.8 Å². The maximum atomic E-state index is 12.1. The minimum Gasteiger partial charge on any atom is -0.465 e. The van der Waals surface area contributed by atoms with E-state index in [1.165, 1.54) is 10.3 Å². The number of esters is 1. The Hall–Kier alpha value is -4.42. The molecule has 2 unspecified atom stereocenters. The van der Waals surface area contributed by atoms with Gasteiger partial charge in [-0.15, -0.1) is 0 Å². The van der Waals surface area contributed by atoms with Gasteiger partial charge in [0.25, 0.3) is 0 Å². The van der Waals surface area contributed by atoms with Crippen LogP contribution in [-0.2, 0) is 16.1 Å². The molecule has 2 atom stereocenters. The second-order valence-electron chi connectivity index (χ2n) is 9.69. The summed E-state index contributed by atoms with van der Waals surface area (Å²) in [4.78, 5) is 25.2. The van der Waals surface area contributed by atoms with Crippen molar-refractivity contribution in [2.75, 3.05) is 19.7 Å². The van der Waals surface area contributed by atoms with Gasteiger partial charge < -0.3 is 19.5 Å². The van der Waals surface area contributed by atoms with Crippen molar-refractivity contribution in [3.63, 3.8) is 0 Å². The normalized spacial score (nSPS) is 17.4. The first-order valence-electron chi connectivity index (χ1n) is 13.1. The van der Waals surface area contributed by atoms with E-state index in [1.807, 2.05) is 42.5 Å². The molecule has 198 valence electrons. The number of carbonyl (C=O) groups excluding carboxylic acids is 1. The molecule has 4 aromatic rings. The maximum absolute atomic E-state index is 12.1. The van der Waals surface area contributed by atoms with E-state index in [1.54, 1.807) is 24.3 Å². The van der Waals surface area contributed by atoms with Gasteiger partial charge in [0, 0.05) is 12.5 Å². The van der Waals surface area contributed by atoms with Gasteiger partial charge in [-0.1, -0.05) is 84.9 Å². The zero-order valence-corrected chi connectivity index (χ0v) is 21.6. The topological polar surface area (TPSA) is 76.1 Å². The number of hydrogen-bond acceptors (Lipinski definition) is 4. The molecule has 1 fully saturated rings. The number of carbonyl (C=O) groups is 2. The summed E-state index contributed by atoms with van der Waals surface area (Å²) in [5, 5.41) is 11.9. The summed E-state index contributed by atoms with van der Waals surface area (Å²) in [5.41, 5.74) is 3.71. The zero-order chi connectivity index (χ0) is 27.0. The van der Waals surface area contributed by atoms with Crippen molar-refractivity contribution < 1.29 is 24.2 Å². The van der Waals surface area contributed by atoms with Gasteiger partial charge in [0.15, 0.2) is 0 Å².